The Labute approximate surface area is 180 Å². The molecule has 10 nitrogen and oxygen atoms in total. The number of rotatable bonds is 6. The molecule has 2 aliphatic rings. The predicted molar refractivity (Wildman–Crippen MR) is 110 cm³/mol. The van der Waals surface area contributed by atoms with Crippen LogP contribution in [0.1, 0.15) is 12.8 Å². The van der Waals surface area contributed by atoms with Crippen molar-refractivity contribution in [3.63, 3.8) is 0 Å². The fraction of sp³-hybridized carbons (Fsp3) is 0.500. The number of amides is 3. The molecule has 0 saturated carbocycles. The van der Waals surface area contributed by atoms with Crippen molar-refractivity contribution in [3.05, 3.63) is 23.2 Å². The SMILES string of the molecule is CN1CCN(C(=O)[C@@H](NS(=O)(=O)c2cccc(N3CCCC3=O)c2Cl)C(N)=O)CC1. The third-order valence-electron chi connectivity index (χ3n) is 5.22. The number of likely N-dealkylation sites (N-methyl/N-ethyl adjacent to an activating group) is 1. The van der Waals surface area contributed by atoms with Crippen molar-refractivity contribution in [2.24, 2.45) is 5.73 Å². The van der Waals surface area contributed by atoms with Gasteiger partial charge in [0.15, 0.2) is 6.04 Å². The van der Waals surface area contributed by atoms with Crippen molar-refractivity contribution in [2.75, 3.05) is 44.7 Å². The van der Waals surface area contributed by atoms with Gasteiger partial charge in [-0.3, -0.25) is 14.4 Å². The van der Waals surface area contributed by atoms with Gasteiger partial charge in [-0.15, -0.1) is 0 Å². The van der Waals surface area contributed by atoms with Gasteiger partial charge >= 0.3 is 0 Å². The number of piperazine rings is 1. The van der Waals surface area contributed by atoms with Crippen LogP contribution in [0.2, 0.25) is 5.02 Å². The highest BCUT2D eigenvalue weighted by atomic mass is 35.5. The first-order chi connectivity index (χ1) is 14.1. The number of carbonyl (C=O) groups excluding carboxylic acids is 3. The lowest BCUT2D eigenvalue weighted by Crippen LogP contribution is -2.58. The molecule has 3 rings (SSSR count). The second-order valence-corrected chi connectivity index (χ2v) is 9.38. The van der Waals surface area contributed by atoms with Gasteiger partial charge in [0.2, 0.25) is 21.8 Å². The van der Waals surface area contributed by atoms with Crippen molar-refractivity contribution in [3.8, 4) is 0 Å². The fourth-order valence-corrected chi connectivity index (χ4v) is 5.26. The van der Waals surface area contributed by atoms with Crippen molar-refractivity contribution >= 4 is 45.0 Å². The molecule has 0 radical (unpaired) electrons. The number of halogens is 1. The Balaban J connectivity index is 1.86. The van der Waals surface area contributed by atoms with E-state index in [-0.39, 0.29) is 21.5 Å². The van der Waals surface area contributed by atoms with Gasteiger partial charge in [0.1, 0.15) is 4.90 Å². The van der Waals surface area contributed by atoms with Crippen LogP contribution in [-0.2, 0) is 24.4 Å². The van der Waals surface area contributed by atoms with Crippen LogP contribution in [-0.4, -0.2) is 81.8 Å². The number of primary amides is 1. The molecule has 0 bridgehead atoms. The third kappa shape index (κ3) is 4.59. The van der Waals surface area contributed by atoms with E-state index in [0.717, 1.165) is 0 Å². The maximum absolute atomic E-state index is 13.0. The summed E-state index contributed by atoms with van der Waals surface area (Å²) < 4.78 is 28.0. The first-order valence-corrected chi connectivity index (χ1v) is 11.4. The Kier molecular flexibility index (Phi) is 6.65. The molecular formula is C18H24ClN5O5S. The zero-order valence-corrected chi connectivity index (χ0v) is 18.1. The molecule has 2 fully saturated rings. The fourth-order valence-electron chi connectivity index (χ4n) is 3.48. The highest BCUT2D eigenvalue weighted by Gasteiger charge is 2.36. The highest BCUT2D eigenvalue weighted by molar-refractivity contribution is 7.89. The van der Waals surface area contributed by atoms with Gasteiger partial charge in [-0.05, 0) is 25.6 Å². The molecule has 164 valence electrons. The van der Waals surface area contributed by atoms with Crippen LogP contribution in [0.4, 0.5) is 5.69 Å². The maximum atomic E-state index is 13.0. The van der Waals surface area contributed by atoms with E-state index in [0.29, 0.717) is 45.6 Å². The molecule has 12 heteroatoms. The van der Waals surface area contributed by atoms with E-state index in [4.69, 9.17) is 17.3 Å². The molecular weight excluding hydrogens is 434 g/mol. The molecule has 1 atom stereocenters. The molecule has 3 amide bonds. The Bertz CT molecular complexity index is 962. The number of anilines is 1. The number of nitrogens with two attached hydrogens (primary N) is 1. The topological polar surface area (TPSA) is 133 Å². The molecule has 2 heterocycles. The lowest BCUT2D eigenvalue weighted by molar-refractivity contribution is -0.138. The van der Waals surface area contributed by atoms with Crippen molar-refractivity contribution < 1.29 is 22.8 Å². The number of hydrogen-bond donors (Lipinski definition) is 2. The molecule has 0 aromatic heterocycles. The van der Waals surface area contributed by atoms with Crippen LogP contribution in [0.3, 0.4) is 0 Å². The molecule has 2 saturated heterocycles. The number of hydrogen-bond acceptors (Lipinski definition) is 6. The van der Waals surface area contributed by atoms with Crippen LogP contribution in [0.25, 0.3) is 0 Å². The Hall–Kier alpha value is -2.21. The van der Waals surface area contributed by atoms with Gasteiger partial charge in [0.05, 0.1) is 10.7 Å². The minimum Gasteiger partial charge on any atom is -0.368 e. The smallest absolute Gasteiger partial charge is 0.250 e. The van der Waals surface area contributed by atoms with Gasteiger partial charge in [0.25, 0.3) is 5.91 Å². The van der Waals surface area contributed by atoms with E-state index in [2.05, 4.69) is 4.72 Å². The summed E-state index contributed by atoms with van der Waals surface area (Å²) in [7, 11) is -2.48. The summed E-state index contributed by atoms with van der Waals surface area (Å²) in [5, 5.41) is -0.157. The molecule has 3 N–H and O–H groups in total. The van der Waals surface area contributed by atoms with E-state index < -0.39 is 27.9 Å². The normalized spacial score (nSPS) is 19.2. The van der Waals surface area contributed by atoms with Gasteiger partial charge in [0, 0.05) is 39.1 Å². The largest absolute Gasteiger partial charge is 0.368 e. The average Bonchev–Trinajstić information content (AvgIpc) is 3.12. The number of benzene rings is 1. The van der Waals surface area contributed by atoms with Crippen molar-refractivity contribution in [1.82, 2.24) is 14.5 Å². The molecule has 1 aromatic carbocycles. The molecule has 0 aliphatic carbocycles. The number of sulfonamides is 1. The standard InChI is InChI=1S/C18H24ClN5O5S/c1-22-8-10-23(11-9-22)18(27)16(17(20)26)21-30(28,29)13-5-2-4-12(15(13)19)24-7-3-6-14(24)25/h2,4-5,16,21H,3,6-11H2,1H3,(H2,20,26)/t16-/m0/s1. The summed E-state index contributed by atoms with van der Waals surface area (Å²) in [6, 6.07) is 2.48. The van der Waals surface area contributed by atoms with E-state index >= 15 is 0 Å². The van der Waals surface area contributed by atoms with Crippen LogP contribution >= 0.6 is 11.6 Å². The number of carbonyl (C=O) groups is 3. The van der Waals surface area contributed by atoms with Crippen molar-refractivity contribution in [2.45, 2.75) is 23.8 Å². The first-order valence-electron chi connectivity index (χ1n) is 9.49. The highest BCUT2D eigenvalue weighted by Crippen LogP contribution is 2.34. The molecule has 0 spiro atoms. The summed E-state index contributed by atoms with van der Waals surface area (Å²) in [6.07, 6.45) is 1.00. The van der Waals surface area contributed by atoms with Gasteiger partial charge in [-0.2, -0.15) is 4.72 Å². The van der Waals surface area contributed by atoms with Crippen LogP contribution in [0.15, 0.2) is 23.1 Å². The molecule has 1 aromatic rings. The van der Waals surface area contributed by atoms with E-state index in [1.807, 2.05) is 11.9 Å². The zero-order valence-electron chi connectivity index (χ0n) is 16.5. The molecule has 30 heavy (non-hydrogen) atoms. The summed E-state index contributed by atoms with van der Waals surface area (Å²) in [5.41, 5.74) is 5.60. The second kappa shape index (κ2) is 8.88. The Morgan fingerprint density at radius 3 is 2.40 bits per heavy atom. The van der Waals surface area contributed by atoms with Gasteiger partial charge in [-0.1, -0.05) is 17.7 Å². The third-order valence-corrected chi connectivity index (χ3v) is 7.19. The number of nitrogens with one attached hydrogen (secondary N) is 1. The summed E-state index contributed by atoms with van der Waals surface area (Å²) >= 11 is 6.32. The number of nitrogens with zero attached hydrogens (tertiary/aromatic N) is 3. The molecule has 0 unspecified atom stereocenters. The quantitative estimate of drug-likeness (QED) is 0.546. The zero-order chi connectivity index (χ0) is 22.1. The van der Waals surface area contributed by atoms with Crippen molar-refractivity contribution in [1.29, 1.82) is 0 Å². The lowest BCUT2D eigenvalue weighted by Gasteiger charge is -2.34. The summed E-state index contributed by atoms with van der Waals surface area (Å²) in [5.74, 6) is -1.97. The summed E-state index contributed by atoms with van der Waals surface area (Å²) in [6.45, 7) is 2.34. The van der Waals surface area contributed by atoms with Crippen LogP contribution < -0.4 is 15.4 Å². The molecule has 2 aliphatic heterocycles. The van der Waals surface area contributed by atoms with Gasteiger partial charge < -0.3 is 20.4 Å². The van der Waals surface area contributed by atoms with E-state index in [1.165, 1.54) is 21.9 Å². The average molecular weight is 458 g/mol. The summed E-state index contributed by atoms with van der Waals surface area (Å²) in [4.78, 5) is 41.2. The lowest BCUT2D eigenvalue weighted by atomic mass is 10.2. The van der Waals surface area contributed by atoms with Gasteiger partial charge in [-0.25, -0.2) is 8.42 Å². The minimum absolute atomic E-state index is 0.153. The van der Waals surface area contributed by atoms with Crippen LogP contribution in [0.5, 0.6) is 0 Å². The predicted octanol–water partition coefficient (Wildman–Crippen LogP) is -0.627. The maximum Gasteiger partial charge on any atom is 0.250 e. The van der Waals surface area contributed by atoms with E-state index in [1.54, 1.807) is 6.07 Å². The second-order valence-electron chi connectivity index (χ2n) is 7.32. The Morgan fingerprint density at radius 1 is 1.17 bits per heavy atom. The minimum atomic E-state index is -4.38. The first kappa shape index (κ1) is 22.5. The monoisotopic (exact) mass is 457 g/mol. The Morgan fingerprint density at radius 2 is 1.83 bits per heavy atom. The van der Waals surface area contributed by atoms with Crippen LogP contribution in [0, 0.1) is 0 Å². The van der Waals surface area contributed by atoms with E-state index in [9.17, 15) is 22.8 Å².